The Balaban J connectivity index is 1.73. The Hall–Kier alpha value is -3.41. The summed E-state index contributed by atoms with van der Waals surface area (Å²) in [6, 6.07) is 17.7. The highest BCUT2D eigenvalue weighted by Crippen LogP contribution is 2.25. The number of nitrogens with one attached hydrogen (secondary N) is 3. The van der Waals surface area contributed by atoms with E-state index >= 15 is 0 Å². The van der Waals surface area contributed by atoms with Gasteiger partial charge in [-0.1, -0.05) is 32.9 Å². The fraction of sp³-hybridized carbons (Fsp3) is 0.261. The van der Waals surface area contributed by atoms with Crippen LogP contribution in [0, 0.1) is 6.92 Å². The molecule has 1 amide bonds. The zero-order chi connectivity index (χ0) is 21.0. The molecule has 3 rings (SSSR count). The van der Waals surface area contributed by atoms with Crippen LogP contribution in [0.25, 0.3) is 0 Å². The third kappa shape index (κ3) is 5.78. The van der Waals surface area contributed by atoms with Gasteiger partial charge in [0.25, 0.3) is 0 Å². The topological polar surface area (TPSA) is 78.9 Å². The third-order valence-electron chi connectivity index (χ3n) is 4.34. The van der Waals surface area contributed by atoms with Crippen molar-refractivity contribution in [3.8, 4) is 0 Å². The molecular weight excluding hydrogens is 362 g/mol. The van der Waals surface area contributed by atoms with Gasteiger partial charge in [0, 0.05) is 35.7 Å². The smallest absolute Gasteiger partial charge is 0.229 e. The number of hydrogen-bond acceptors (Lipinski definition) is 5. The van der Waals surface area contributed by atoms with Gasteiger partial charge in [-0.3, -0.25) is 4.79 Å². The third-order valence-corrected chi connectivity index (χ3v) is 4.34. The summed E-state index contributed by atoms with van der Waals surface area (Å²) in [7, 11) is 0. The van der Waals surface area contributed by atoms with Gasteiger partial charge < -0.3 is 16.0 Å². The minimum atomic E-state index is -0.0982. The molecule has 29 heavy (non-hydrogen) atoms. The molecule has 0 spiro atoms. The molecule has 0 saturated heterocycles. The fourth-order valence-electron chi connectivity index (χ4n) is 2.86. The van der Waals surface area contributed by atoms with Gasteiger partial charge in [-0.25, -0.2) is 4.98 Å². The van der Waals surface area contributed by atoms with Crippen molar-refractivity contribution in [3.63, 3.8) is 0 Å². The van der Waals surface area contributed by atoms with E-state index in [9.17, 15) is 4.79 Å². The first-order valence-electron chi connectivity index (χ1n) is 9.57. The van der Waals surface area contributed by atoms with Crippen molar-refractivity contribution in [2.45, 2.75) is 40.0 Å². The number of amides is 1. The van der Waals surface area contributed by atoms with Crippen LogP contribution in [0.3, 0.4) is 0 Å². The van der Waals surface area contributed by atoms with Crippen molar-refractivity contribution in [1.82, 2.24) is 9.97 Å². The monoisotopic (exact) mass is 389 g/mol. The number of aromatic nitrogens is 2. The summed E-state index contributed by atoms with van der Waals surface area (Å²) in [4.78, 5) is 20.1. The average molecular weight is 390 g/mol. The van der Waals surface area contributed by atoms with E-state index in [0.29, 0.717) is 5.95 Å². The first kappa shape index (κ1) is 20.3. The highest BCUT2D eigenvalue weighted by molar-refractivity contribution is 5.88. The van der Waals surface area contributed by atoms with E-state index in [1.54, 1.807) is 0 Å². The molecule has 3 N–H and O–H groups in total. The maximum Gasteiger partial charge on any atom is 0.229 e. The summed E-state index contributed by atoms with van der Waals surface area (Å²) >= 11 is 0. The van der Waals surface area contributed by atoms with Gasteiger partial charge in [-0.2, -0.15) is 4.98 Å². The maximum atomic E-state index is 11.1. The van der Waals surface area contributed by atoms with Crippen LogP contribution in [0.1, 0.15) is 39.0 Å². The minimum Gasteiger partial charge on any atom is -0.340 e. The number of rotatable bonds is 5. The molecule has 150 valence electrons. The van der Waals surface area contributed by atoms with Gasteiger partial charge in [0.15, 0.2) is 0 Å². The van der Waals surface area contributed by atoms with E-state index in [-0.39, 0.29) is 11.3 Å². The maximum absolute atomic E-state index is 11.1. The largest absolute Gasteiger partial charge is 0.340 e. The second-order valence-electron chi connectivity index (χ2n) is 8.05. The number of aryl methyl sites for hydroxylation is 1. The molecule has 0 aliphatic heterocycles. The lowest BCUT2D eigenvalue weighted by Crippen LogP contribution is -2.10. The number of hydrogen-bond donors (Lipinski definition) is 3. The molecular formula is C23H27N5O. The number of nitrogens with zero attached hydrogens (tertiary/aromatic N) is 2. The molecule has 0 fully saturated rings. The van der Waals surface area contributed by atoms with E-state index in [0.717, 1.165) is 28.6 Å². The number of benzene rings is 2. The standard InChI is InChI=1S/C23H27N5O/c1-15-14-21(26-19-8-6-17(7-9-19)23(3,4)5)28-22(24-15)27-20-12-10-18(11-13-20)25-16(2)29/h6-14H,1-5H3,(H,25,29)(H2,24,26,27,28). The molecule has 0 atom stereocenters. The summed E-state index contributed by atoms with van der Waals surface area (Å²) in [5.74, 6) is 1.13. The second-order valence-corrected chi connectivity index (χ2v) is 8.05. The molecule has 6 heteroatoms. The Morgan fingerprint density at radius 2 is 1.38 bits per heavy atom. The Morgan fingerprint density at radius 3 is 1.97 bits per heavy atom. The molecule has 1 aromatic heterocycles. The summed E-state index contributed by atoms with van der Waals surface area (Å²) in [5.41, 5.74) is 4.82. The first-order valence-corrected chi connectivity index (χ1v) is 9.57. The SMILES string of the molecule is CC(=O)Nc1ccc(Nc2nc(C)cc(Nc3ccc(C(C)(C)C)cc3)n2)cc1. The Bertz CT molecular complexity index is 989. The van der Waals surface area contributed by atoms with Gasteiger partial charge >= 0.3 is 0 Å². The van der Waals surface area contributed by atoms with E-state index in [2.05, 4.69) is 71.0 Å². The summed E-state index contributed by atoms with van der Waals surface area (Å²) in [5, 5.41) is 9.29. The molecule has 0 aliphatic rings. The summed E-state index contributed by atoms with van der Waals surface area (Å²) in [6.45, 7) is 10.0. The van der Waals surface area contributed by atoms with Gasteiger partial charge in [-0.15, -0.1) is 0 Å². The van der Waals surface area contributed by atoms with Crippen molar-refractivity contribution in [3.05, 3.63) is 65.9 Å². The Labute approximate surface area is 171 Å². The molecule has 0 unspecified atom stereocenters. The van der Waals surface area contributed by atoms with Crippen molar-refractivity contribution in [2.75, 3.05) is 16.0 Å². The van der Waals surface area contributed by atoms with Crippen molar-refractivity contribution in [1.29, 1.82) is 0 Å². The van der Waals surface area contributed by atoms with Crippen LogP contribution in [0.2, 0.25) is 0 Å². The van der Waals surface area contributed by atoms with Gasteiger partial charge in [0.1, 0.15) is 5.82 Å². The summed E-state index contributed by atoms with van der Waals surface area (Å²) in [6.07, 6.45) is 0. The van der Waals surface area contributed by atoms with Gasteiger partial charge in [-0.05, 0) is 54.3 Å². The molecule has 0 bridgehead atoms. The average Bonchev–Trinajstić information content (AvgIpc) is 2.62. The van der Waals surface area contributed by atoms with Crippen LogP contribution in [0.15, 0.2) is 54.6 Å². The molecule has 0 radical (unpaired) electrons. The zero-order valence-corrected chi connectivity index (χ0v) is 17.5. The van der Waals surface area contributed by atoms with E-state index < -0.39 is 0 Å². The van der Waals surface area contributed by atoms with E-state index in [4.69, 9.17) is 0 Å². The molecule has 1 heterocycles. The zero-order valence-electron chi connectivity index (χ0n) is 17.5. The van der Waals surface area contributed by atoms with Crippen LogP contribution < -0.4 is 16.0 Å². The van der Waals surface area contributed by atoms with E-state index in [1.807, 2.05) is 37.3 Å². The molecule has 2 aromatic carbocycles. The van der Waals surface area contributed by atoms with Crippen molar-refractivity contribution >= 4 is 34.7 Å². The highest BCUT2D eigenvalue weighted by Gasteiger charge is 2.13. The van der Waals surface area contributed by atoms with Crippen LogP contribution >= 0.6 is 0 Å². The van der Waals surface area contributed by atoms with E-state index in [1.165, 1.54) is 12.5 Å². The molecule has 3 aromatic rings. The van der Waals surface area contributed by atoms with Crippen LogP contribution in [0.4, 0.5) is 28.8 Å². The number of anilines is 5. The minimum absolute atomic E-state index is 0.0982. The lowest BCUT2D eigenvalue weighted by molar-refractivity contribution is -0.114. The van der Waals surface area contributed by atoms with Crippen LogP contribution in [-0.2, 0) is 10.2 Å². The summed E-state index contributed by atoms with van der Waals surface area (Å²) < 4.78 is 0. The van der Waals surface area contributed by atoms with Crippen molar-refractivity contribution in [2.24, 2.45) is 0 Å². The molecule has 6 nitrogen and oxygen atoms in total. The van der Waals surface area contributed by atoms with Gasteiger partial charge in [0.2, 0.25) is 11.9 Å². The first-order chi connectivity index (χ1) is 13.7. The van der Waals surface area contributed by atoms with Crippen LogP contribution in [0.5, 0.6) is 0 Å². The van der Waals surface area contributed by atoms with Gasteiger partial charge in [0.05, 0.1) is 0 Å². The second kappa shape index (κ2) is 8.31. The Kier molecular flexibility index (Phi) is 5.82. The number of carbonyl (C=O) groups excluding carboxylic acids is 1. The lowest BCUT2D eigenvalue weighted by atomic mass is 9.87. The number of carbonyl (C=O) groups is 1. The normalized spacial score (nSPS) is 11.1. The van der Waals surface area contributed by atoms with Crippen molar-refractivity contribution < 1.29 is 4.79 Å². The predicted octanol–water partition coefficient (Wildman–Crippen LogP) is 5.53. The van der Waals surface area contributed by atoms with Crippen LogP contribution in [-0.4, -0.2) is 15.9 Å². The fourth-order valence-corrected chi connectivity index (χ4v) is 2.86. The quantitative estimate of drug-likeness (QED) is 0.535. The molecule has 0 aliphatic carbocycles. The highest BCUT2D eigenvalue weighted by atomic mass is 16.1. The lowest BCUT2D eigenvalue weighted by Gasteiger charge is -2.19. The predicted molar refractivity (Wildman–Crippen MR) is 119 cm³/mol. The molecule has 0 saturated carbocycles. The Morgan fingerprint density at radius 1 is 0.828 bits per heavy atom.